The molecule has 0 saturated carbocycles. The number of rotatable bonds is 7. The zero-order valence-electron chi connectivity index (χ0n) is 16.1. The number of ether oxygens (including phenoxy) is 2. The minimum atomic E-state index is -0.940. The standard InChI is InChI=1S/C22H23NO5/c1-4-16-7-12-19(13-8-16)23-21(25)15(2)28-20(24)14-9-17-5-10-18(11-6-17)22(26)27-3/h5-15H,4H2,1-3H3,(H,23,25)/b14-9+. The van der Waals surface area contributed by atoms with Gasteiger partial charge in [-0.15, -0.1) is 0 Å². The maximum absolute atomic E-state index is 12.2. The monoisotopic (exact) mass is 381 g/mol. The Morgan fingerprint density at radius 2 is 1.68 bits per heavy atom. The molecule has 0 aliphatic carbocycles. The average molecular weight is 381 g/mol. The van der Waals surface area contributed by atoms with Gasteiger partial charge in [0.05, 0.1) is 12.7 Å². The van der Waals surface area contributed by atoms with Gasteiger partial charge >= 0.3 is 11.9 Å². The van der Waals surface area contributed by atoms with E-state index in [4.69, 9.17) is 4.74 Å². The first-order valence-corrected chi connectivity index (χ1v) is 8.89. The number of methoxy groups -OCH3 is 1. The molecule has 0 saturated heterocycles. The average Bonchev–Trinajstić information content (AvgIpc) is 2.72. The molecule has 146 valence electrons. The molecule has 0 heterocycles. The molecule has 0 aromatic heterocycles. The first-order valence-electron chi connectivity index (χ1n) is 8.89. The predicted octanol–water partition coefficient (Wildman–Crippen LogP) is 3.62. The van der Waals surface area contributed by atoms with Crippen LogP contribution in [0.5, 0.6) is 0 Å². The Morgan fingerprint density at radius 3 is 2.25 bits per heavy atom. The number of esters is 2. The van der Waals surface area contributed by atoms with Gasteiger partial charge in [-0.25, -0.2) is 9.59 Å². The van der Waals surface area contributed by atoms with Gasteiger partial charge in [0.25, 0.3) is 5.91 Å². The van der Waals surface area contributed by atoms with E-state index < -0.39 is 23.9 Å². The third-order valence-corrected chi connectivity index (χ3v) is 4.04. The highest BCUT2D eigenvalue weighted by Crippen LogP contribution is 2.11. The lowest BCUT2D eigenvalue weighted by molar-refractivity contribution is -0.148. The van der Waals surface area contributed by atoms with Crippen molar-refractivity contribution in [3.8, 4) is 0 Å². The number of hydrogen-bond donors (Lipinski definition) is 1. The van der Waals surface area contributed by atoms with Crippen LogP contribution in [0.25, 0.3) is 6.08 Å². The lowest BCUT2D eigenvalue weighted by Crippen LogP contribution is -2.29. The van der Waals surface area contributed by atoms with Gasteiger partial charge in [0.2, 0.25) is 0 Å². The molecule has 6 nitrogen and oxygen atoms in total. The van der Waals surface area contributed by atoms with E-state index in [1.807, 2.05) is 24.3 Å². The SMILES string of the molecule is CCc1ccc(NC(=O)C(C)OC(=O)/C=C/c2ccc(C(=O)OC)cc2)cc1. The molecule has 2 aromatic carbocycles. The molecule has 0 fully saturated rings. The van der Waals surface area contributed by atoms with Crippen LogP contribution in [0, 0.1) is 0 Å². The van der Waals surface area contributed by atoms with Gasteiger partial charge in [0, 0.05) is 11.8 Å². The highest BCUT2D eigenvalue weighted by Gasteiger charge is 2.16. The van der Waals surface area contributed by atoms with E-state index in [1.54, 1.807) is 24.3 Å². The fraction of sp³-hybridized carbons (Fsp3) is 0.227. The number of carbonyl (C=O) groups is 3. The van der Waals surface area contributed by atoms with Crippen molar-refractivity contribution in [3.63, 3.8) is 0 Å². The van der Waals surface area contributed by atoms with Crippen molar-refractivity contribution in [1.82, 2.24) is 0 Å². The van der Waals surface area contributed by atoms with Gasteiger partial charge in [-0.05, 0) is 54.8 Å². The molecule has 0 radical (unpaired) electrons. The predicted molar refractivity (Wildman–Crippen MR) is 107 cm³/mol. The van der Waals surface area contributed by atoms with E-state index in [1.165, 1.54) is 31.7 Å². The molecule has 1 amide bonds. The van der Waals surface area contributed by atoms with Gasteiger partial charge in [0.1, 0.15) is 0 Å². The van der Waals surface area contributed by atoms with Crippen molar-refractivity contribution < 1.29 is 23.9 Å². The van der Waals surface area contributed by atoms with Crippen molar-refractivity contribution in [1.29, 1.82) is 0 Å². The van der Waals surface area contributed by atoms with Crippen LogP contribution in [0.1, 0.15) is 35.3 Å². The number of hydrogen-bond acceptors (Lipinski definition) is 5. The molecule has 0 aliphatic rings. The topological polar surface area (TPSA) is 81.7 Å². The highest BCUT2D eigenvalue weighted by molar-refractivity contribution is 5.96. The van der Waals surface area contributed by atoms with Crippen LogP contribution in [0.15, 0.2) is 54.6 Å². The van der Waals surface area contributed by atoms with E-state index in [2.05, 4.69) is 17.0 Å². The lowest BCUT2D eigenvalue weighted by atomic mass is 10.1. The molecular weight excluding hydrogens is 358 g/mol. The molecule has 1 N–H and O–H groups in total. The van der Waals surface area contributed by atoms with Crippen molar-refractivity contribution in [2.45, 2.75) is 26.4 Å². The van der Waals surface area contributed by atoms with Crippen LogP contribution < -0.4 is 5.32 Å². The summed E-state index contributed by atoms with van der Waals surface area (Å²) in [5, 5.41) is 2.71. The van der Waals surface area contributed by atoms with Gasteiger partial charge in [-0.1, -0.05) is 31.2 Å². The smallest absolute Gasteiger partial charge is 0.337 e. The van der Waals surface area contributed by atoms with Crippen molar-refractivity contribution in [2.75, 3.05) is 12.4 Å². The van der Waals surface area contributed by atoms with E-state index in [0.29, 0.717) is 16.8 Å². The summed E-state index contributed by atoms with van der Waals surface area (Å²) in [4.78, 5) is 35.5. The fourth-order valence-electron chi connectivity index (χ4n) is 2.35. The maximum Gasteiger partial charge on any atom is 0.337 e. The number of aryl methyl sites for hydroxylation is 1. The Balaban J connectivity index is 1.87. The zero-order chi connectivity index (χ0) is 20.5. The highest BCUT2D eigenvalue weighted by atomic mass is 16.5. The second-order valence-electron chi connectivity index (χ2n) is 6.07. The zero-order valence-corrected chi connectivity index (χ0v) is 16.1. The number of amides is 1. The third-order valence-electron chi connectivity index (χ3n) is 4.04. The molecule has 1 unspecified atom stereocenters. The summed E-state index contributed by atoms with van der Waals surface area (Å²) in [6.07, 6.45) is 2.74. The van der Waals surface area contributed by atoms with Crippen molar-refractivity contribution in [2.24, 2.45) is 0 Å². The first kappa shape index (κ1) is 20.9. The fourth-order valence-corrected chi connectivity index (χ4v) is 2.35. The van der Waals surface area contributed by atoms with Gasteiger partial charge < -0.3 is 14.8 Å². The van der Waals surface area contributed by atoms with E-state index in [9.17, 15) is 14.4 Å². The largest absolute Gasteiger partial charge is 0.465 e. The number of carbonyl (C=O) groups excluding carboxylic acids is 3. The molecule has 28 heavy (non-hydrogen) atoms. The number of nitrogens with one attached hydrogen (secondary N) is 1. The quantitative estimate of drug-likeness (QED) is 0.585. The molecule has 6 heteroatoms. The number of anilines is 1. The van der Waals surface area contributed by atoms with Crippen LogP contribution in [0.2, 0.25) is 0 Å². The summed E-state index contributed by atoms with van der Waals surface area (Å²) in [5.74, 6) is -1.48. The second-order valence-corrected chi connectivity index (χ2v) is 6.07. The Hall–Kier alpha value is -3.41. The summed E-state index contributed by atoms with van der Waals surface area (Å²) < 4.78 is 9.74. The normalized spacial score (nSPS) is 11.7. The van der Waals surface area contributed by atoms with E-state index >= 15 is 0 Å². The van der Waals surface area contributed by atoms with Gasteiger partial charge in [0.15, 0.2) is 6.10 Å². The summed E-state index contributed by atoms with van der Waals surface area (Å²) in [5.41, 5.74) is 2.94. The van der Waals surface area contributed by atoms with Crippen molar-refractivity contribution in [3.05, 3.63) is 71.3 Å². The molecular formula is C22H23NO5. The van der Waals surface area contributed by atoms with Crippen molar-refractivity contribution >= 4 is 29.6 Å². The minimum Gasteiger partial charge on any atom is -0.465 e. The Morgan fingerprint density at radius 1 is 1.04 bits per heavy atom. The molecule has 0 bridgehead atoms. The Bertz CT molecular complexity index is 854. The summed E-state index contributed by atoms with van der Waals surface area (Å²) >= 11 is 0. The van der Waals surface area contributed by atoms with Crippen LogP contribution in [0.3, 0.4) is 0 Å². The van der Waals surface area contributed by atoms with Gasteiger partial charge in [-0.2, -0.15) is 0 Å². The molecule has 1 atom stereocenters. The minimum absolute atomic E-state index is 0.409. The summed E-state index contributed by atoms with van der Waals surface area (Å²) in [6.45, 7) is 3.56. The number of benzene rings is 2. The lowest BCUT2D eigenvalue weighted by Gasteiger charge is -2.12. The van der Waals surface area contributed by atoms with Gasteiger partial charge in [-0.3, -0.25) is 4.79 Å². The second kappa shape index (κ2) is 10.1. The summed E-state index contributed by atoms with van der Waals surface area (Å²) in [6, 6.07) is 14.0. The third kappa shape index (κ3) is 6.09. The summed E-state index contributed by atoms with van der Waals surface area (Å²) in [7, 11) is 1.31. The van der Waals surface area contributed by atoms with E-state index in [0.717, 1.165) is 6.42 Å². The Labute approximate surface area is 164 Å². The van der Waals surface area contributed by atoms with Crippen LogP contribution >= 0.6 is 0 Å². The van der Waals surface area contributed by atoms with Crippen LogP contribution in [-0.4, -0.2) is 31.1 Å². The van der Waals surface area contributed by atoms with Crippen LogP contribution in [0.4, 0.5) is 5.69 Å². The molecule has 2 aromatic rings. The van der Waals surface area contributed by atoms with E-state index in [-0.39, 0.29) is 0 Å². The molecule has 0 spiro atoms. The molecule has 0 aliphatic heterocycles. The Kier molecular flexibility index (Phi) is 7.51. The van der Waals surface area contributed by atoms with Crippen LogP contribution in [-0.2, 0) is 25.5 Å². The molecule has 2 rings (SSSR count). The maximum atomic E-state index is 12.2. The first-order chi connectivity index (χ1) is 13.4.